The van der Waals surface area contributed by atoms with Crippen LogP contribution >= 0.6 is 43.5 Å². The van der Waals surface area contributed by atoms with Gasteiger partial charge in [-0.2, -0.15) is 0 Å². The van der Waals surface area contributed by atoms with Crippen molar-refractivity contribution in [2.24, 2.45) is 0 Å². The Balaban J connectivity index is 2.41. The van der Waals surface area contributed by atoms with Crippen molar-refractivity contribution in [1.82, 2.24) is 5.32 Å². The lowest BCUT2D eigenvalue weighted by Gasteiger charge is -2.19. The molecule has 0 aromatic heterocycles. The van der Waals surface area contributed by atoms with Crippen LogP contribution in [0.1, 0.15) is 17.2 Å². The Labute approximate surface area is 129 Å². The molecule has 4 heteroatoms. The van der Waals surface area contributed by atoms with Crippen LogP contribution in [0.2, 0.25) is 5.02 Å². The van der Waals surface area contributed by atoms with Crippen molar-refractivity contribution in [3.63, 3.8) is 0 Å². The van der Waals surface area contributed by atoms with Gasteiger partial charge in [-0.05, 0) is 42.4 Å². The molecule has 0 saturated heterocycles. The standard InChI is InChI=1S/C14H12Br2ClN/c1-18-14(9-2-4-10(15)5-3-9)12-7-6-11(16)8-13(12)17/h2-8,14,18H,1H3. The Morgan fingerprint density at radius 2 is 1.61 bits per heavy atom. The molecule has 0 fully saturated rings. The molecule has 2 aromatic rings. The van der Waals surface area contributed by atoms with E-state index in [9.17, 15) is 0 Å². The Hall–Kier alpha value is -0.350. The van der Waals surface area contributed by atoms with Crippen molar-refractivity contribution < 1.29 is 0 Å². The summed E-state index contributed by atoms with van der Waals surface area (Å²) in [5, 5.41) is 4.06. The van der Waals surface area contributed by atoms with Gasteiger partial charge in [-0.3, -0.25) is 0 Å². The van der Waals surface area contributed by atoms with E-state index in [-0.39, 0.29) is 6.04 Å². The number of nitrogens with one attached hydrogen (secondary N) is 1. The molecule has 94 valence electrons. The largest absolute Gasteiger partial charge is 0.309 e. The summed E-state index contributed by atoms with van der Waals surface area (Å²) < 4.78 is 2.06. The molecule has 0 amide bonds. The van der Waals surface area contributed by atoms with Crippen molar-refractivity contribution in [1.29, 1.82) is 0 Å². The second-order valence-corrected chi connectivity index (χ2v) is 6.18. The third-order valence-electron chi connectivity index (χ3n) is 2.77. The summed E-state index contributed by atoms with van der Waals surface area (Å²) >= 11 is 13.2. The van der Waals surface area contributed by atoms with Gasteiger partial charge in [-0.15, -0.1) is 0 Å². The van der Waals surface area contributed by atoms with E-state index in [1.807, 2.05) is 37.4 Å². The van der Waals surface area contributed by atoms with Gasteiger partial charge in [0.2, 0.25) is 0 Å². The van der Waals surface area contributed by atoms with Crippen molar-refractivity contribution >= 4 is 43.5 Å². The SMILES string of the molecule is CNC(c1ccc(Br)cc1)c1ccc(Br)cc1Cl. The smallest absolute Gasteiger partial charge is 0.0589 e. The van der Waals surface area contributed by atoms with Gasteiger partial charge >= 0.3 is 0 Å². The van der Waals surface area contributed by atoms with Gasteiger partial charge in [0.1, 0.15) is 0 Å². The van der Waals surface area contributed by atoms with E-state index in [0.29, 0.717) is 0 Å². The highest BCUT2D eigenvalue weighted by Gasteiger charge is 2.15. The minimum atomic E-state index is 0.0960. The predicted molar refractivity (Wildman–Crippen MR) is 84.2 cm³/mol. The summed E-state index contributed by atoms with van der Waals surface area (Å²) in [6.07, 6.45) is 0. The summed E-state index contributed by atoms with van der Waals surface area (Å²) in [5.41, 5.74) is 2.26. The highest BCUT2D eigenvalue weighted by atomic mass is 79.9. The van der Waals surface area contributed by atoms with Gasteiger partial charge in [0.05, 0.1) is 6.04 Å². The van der Waals surface area contributed by atoms with E-state index < -0.39 is 0 Å². The first-order chi connectivity index (χ1) is 8.61. The van der Waals surface area contributed by atoms with Crippen LogP contribution in [-0.2, 0) is 0 Å². The number of hydrogen-bond donors (Lipinski definition) is 1. The maximum Gasteiger partial charge on any atom is 0.0589 e. The molecule has 1 atom stereocenters. The molecule has 0 aliphatic rings. The number of hydrogen-bond acceptors (Lipinski definition) is 1. The molecule has 0 aliphatic carbocycles. The first-order valence-corrected chi connectivity index (χ1v) is 7.46. The zero-order valence-corrected chi connectivity index (χ0v) is 13.7. The molecular formula is C14H12Br2ClN. The average Bonchev–Trinajstić information content (AvgIpc) is 2.35. The Bertz CT molecular complexity index is 540. The molecule has 0 heterocycles. The lowest BCUT2D eigenvalue weighted by molar-refractivity contribution is 0.692. The van der Waals surface area contributed by atoms with Gasteiger partial charge in [-0.25, -0.2) is 0 Å². The second-order valence-electron chi connectivity index (χ2n) is 3.94. The second kappa shape index (κ2) is 6.20. The minimum Gasteiger partial charge on any atom is -0.309 e. The summed E-state index contributed by atoms with van der Waals surface area (Å²) in [6, 6.07) is 14.3. The molecule has 0 saturated carbocycles. The molecule has 0 radical (unpaired) electrons. The zero-order chi connectivity index (χ0) is 13.1. The van der Waals surface area contributed by atoms with Crippen LogP contribution in [0.25, 0.3) is 0 Å². The van der Waals surface area contributed by atoms with Crippen molar-refractivity contribution in [3.05, 3.63) is 67.6 Å². The van der Waals surface area contributed by atoms with Gasteiger partial charge in [-0.1, -0.05) is 61.7 Å². The van der Waals surface area contributed by atoms with Crippen molar-refractivity contribution in [2.45, 2.75) is 6.04 Å². The highest BCUT2D eigenvalue weighted by molar-refractivity contribution is 9.10. The topological polar surface area (TPSA) is 12.0 Å². The van der Waals surface area contributed by atoms with Crippen LogP contribution in [0.5, 0.6) is 0 Å². The zero-order valence-electron chi connectivity index (χ0n) is 9.75. The van der Waals surface area contributed by atoms with Crippen molar-refractivity contribution in [3.8, 4) is 0 Å². The highest BCUT2D eigenvalue weighted by Crippen LogP contribution is 2.30. The molecule has 0 aliphatic heterocycles. The molecular weight excluding hydrogens is 377 g/mol. The molecule has 2 aromatic carbocycles. The van der Waals surface area contributed by atoms with Crippen LogP contribution in [0.15, 0.2) is 51.4 Å². The average molecular weight is 390 g/mol. The van der Waals surface area contributed by atoms with Crippen LogP contribution in [-0.4, -0.2) is 7.05 Å². The number of rotatable bonds is 3. The molecule has 2 rings (SSSR count). The van der Waals surface area contributed by atoms with E-state index >= 15 is 0 Å². The maximum absolute atomic E-state index is 6.30. The fourth-order valence-electron chi connectivity index (χ4n) is 1.89. The first kappa shape index (κ1) is 14.1. The van der Waals surface area contributed by atoms with Crippen LogP contribution < -0.4 is 5.32 Å². The number of halogens is 3. The third kappa shape index (κ3) is 3.15. The van der Waals surface area contributed by atoms with Gasteiger partial charge < -0.3 is 5.32 Å². The fourth-order valence-corrected chi connectivity index (χ4v) is 2.94. The normalized spacial score (nSPS) is 12.4. The summed E-state index contributed by atoms with van der Waals surface area (Å²) in [5.74, 6) is 0. The molecule has 1 nitrogen and oxygen atoms in total. The van der Waals surface area contributed by atoms with E-state index in [1.54, 1.807) is 0 Å². The monoisotopic (exact) mass is 387 g/mol. The molecule has 18 heavy (non-hydrogen) atoms. The summed E-state index contributed by atoms with van der Waals surface area (Å²) in [6.45, 7) is 0. The van der Waals surface area contributed by atoms with Gasteiger partial charge in [0.25, 0.3) is 0 Å². The lowest BCUT2D eigenvalue weighted by Crippen LogP contribution is -2.17. The maximum atomic E-state index is 6.30. The molecule has 1 unspecified atom stereocenters. The summed E-state index contributed by atoms with van der Waals surface area (Å²) in [7, 11) is 1.94. The Morgan fingerprint density at radius 3 is 2.17 bits per heavy atom. The number of benzene rings is 2. The van der Waals surface area contributed by atoms with Crippen LogP contribution in [0.3, 0.4) is 0 Å². The van der Waals surface area contributed by atoms with E-state index in [4.69, 9.17) is 11.6 Å². The Morgan fingerprint density at radius 1 is 1.00 bits per heavy atom. The molecule has 0 bridgehead atoms. The first-order valence-electron chi connectivity index (χ1n) is 5.49. The predicted octanol–water partition coefficient (Wildman–Crippen LogP) is 5.17. The van der Waals surface area contributed by atoms with Crippen LogP contribution in [0.4, 0.5) is 0 Å². The van der Waals surface area contributed by atoms with Gasteiger partial charge in [0.15, 0.2) is 0 Å². The Kier molecular flexibility index (Phi) is 4.84. The lowest BCUT2D eigenvalue weighted by atomic mass is 9.99. The van der Waals surface area contributed by atoms with E-state index in [0.717, 1.165) is 19.5 Å². The summed E-state index contributed by atoms with van der Waals surface area (Å²) in [4.78, 5) is 0. The van der Waals surface area contributed by atoms with E-state index in [2.05, 4.69) is 49.3 Å². The van der Waals surface area contributed by atoms with E-state index in [1.165, 1.54) is 5.56 Å². The van der Waals surface area contributed by atoms with Crippen molar-refractivity contribution in [2.75, 3.05) is 7.05 Å². The molecule has 0 spiro atoms. The minimum absolute atomic E-state index is 0.0960. The molecule has 1 N–H and O–H groups in total. The quantitative estimate of drug-likeness (QED) is 0.763. The third-order valence-corrected chi connectivity index (χ3v) is 4.11. The van der Waals surface area contributed by atoms with Crippen LogP contribution in [0, 0.1) is 0 Å². The fraction of sp³-hybridized carbons (Fsp3) is 0.143. The van der Waals surface area contributed by atoms with Gasteiger partial charge in [0, 0.05) is 14.0 Å².